The van der Waals surface area contributed by atoms with E-state index in [1.54, 1.807) is 36.5 Å². The fourth-order valence-corrected chi connectivity index (χ4v) is 4.08. The highest BCUT2D eigenvalue weighted by Gasteiger charge is 2.37. The van der Waals surface area contributed by atoms with Crippen molar-refractivity contribution >= 4 is 22.8 Å². The number of aromatic nitrogens is 6. The number of amides is 1. The van der Waals surface area contributed by atoms with Gasteiger partial charge in [0.05, 0.1) is 17.7 Å². The molecule has 0 aromatic carbocycles. The van der Waals surface area contributed by atoms with Crippen LogP contribution in [0.5, 0.6) is 0 Å². The second-order valence-electron chi connectivity index (χ2n) is 6.30. The summed E-state index contributed by atoms with van der Waals surface area (Å²) in [6, 6.07) is 4.12. The van der Waals surface area contributed by atoms with E-state index in [2.05, 4.69) is 25.3 Å². The first kappa shape index (κ1) is 16.1. The summed E-state index contributed by atoms with van der Waals surface area (Å²) in [5.41, 5.74) is 2.59. The van der Waals surface area contributed by atoms with Gasteiger partial charge in [0, 0.05) is 24.9 Å². The number of hydrogen-bond acceptors (Lipinski definition) is 6. The Kier molecular flexibility index (Phi) is 3.54. The molecular weight excluding hydrogens is 369 g/mol. The van der Waals surface area contributed by atoms with Crippen molar-refractivity contribution in [2.24, 2.45) is 0 Å². The van der Waals surface area contributed by atoms with Crippen molar-refractivity contribution in [3.05, 3.63) is 63.6 Å². The lowest BCUT2D eigenvalue weighted by Crippen LogP contribution is -2.41. The van der Waals surface area contributed by atoms with Crippen molar-refractivity contribution in [3.63, 3.8) is 0 Å². The molecule has 1 atom stereocenters. The van der Waals surface area contributed by atoms with Gasteiger partial charge >= 0.3 is 0 Å². The second kappa shape index (κ2) is 5.95. The van der Waals surface area contributed by atoms with Crippen molar-refractivity contribution in [1.29, 1.82) is 0 Å². The van der Waals surface area contributed by atoms with Gasteiger partial charge in [-0.3, -0.25) is 4.79 Å². The Hall–Kier alpha value is -3.14. The highest BCUT2D eigenvalue weighted by molar-refractivity contribution is 7.13. The third-order valence-corrected chi connectivity index (χ3v) is 5.47. The molecule has 1 amide bonds. The maximum Gasteiger partial charge on any atom is 0.285 e. The quantitative estimate of drug-likeness (QED) is 0.573. The molecule has 0 aliphatic carbocycles. The largest absolute Gasteiger partial charge is 0.348 e. The molecule has 1 aliphatic rings. The molecule has 4 aromatic rings. The molecule has 10 heteroatoms. The first-order valence-corrected chi connectivity index (χ1v) is 9.20. The number of pyridine rings is 1. The van der Waals surface area contributed by atoms with E-state index in [0.717, 1.165) is 16.4 Å². The Bertz CT molecular complexity index is 1160. The van der Waals surface area contributed by atoms with Crippen LogP contribution in [-0.2, 0) is 6.42 Å². The van der Waals surface area contributed by atoms with Crippen LogP contribution in [0.1, 0.15) is 37.9 Å². The summed E-state index contributed by atoms with van der Waals surface area (Å²) in [5.74, 6) is -0.594. The normalized spacial score (nSPS) is 16.7. The lowest BCUT2D eigenvalue weighted by Gasteiger charge is -2.33. The molecule has 1 aliphatic heterocycles. The van der Waals surface area contributed by atoms with Crippen LogP contribution in [0.3, 0.4) is 0 Å². The Labute approximate surface area is 156 Å². The van der Waals surface area contributed by atoms with E-state index in [0.29, 0.717) is 29.2 Å². The fraction of sp³-hybridized carbons (Fsp3) is 0.235. The Morgan fingerprint density at radius 1 is 1.41 bits per heavy atom. The molecule has 5 rings (SSSR count). The van der Waals surface area contributed by atoms with Crippen LogP contribution in [0.25, 0.3) is 5.52 Å². The minimum atomic E-state index is -0.518. The maximum absolute atomic E-state index is 14.1. The highest BCUT2D eigenvalue weighted by atomic mass is 32.1. The number of H-pyrrole nitrogens is 1. The molecule has 1 N–H and O–H groups in total. The summed E-state index contributed by atoms with van der Waals surface area (Å²) in [7, 11) is 0. The predicted molar refractivity (Wildman–Crippen MR) is 95.0 cm³/mol. The lowest BCUT2D eigenvalue weighted by atomic mass is 9.99. The summed E-state index contributed by atoms with van der Waals surface area (Å²) in [6.45, 7) is 2.28. The summed E-state index contributed by atoms with van der Waals surface area (Å²) in [6.07, 6.45) is 3.94. The van der Waals surface area contributed by atoms with Crippen LogP contribution in [0.15, 0.2) is 30.7 Å². The van der Waals surface area contributed by atoms with Crippen molar-refractivity contribution in [2.75, 3.05) is 6.54 Å². The van der Waals surface area contributed by atoms with Crippen LogP contribution >= 0.6 is 11.3 Å². The van der Waals surface area contributed by atoms with Gasteiger partial charge in [0.15, 0.2) is 0 Å². The number of imidazole rings is 1. The Balaban J connectivity index is 1.64. The van der Waals surface area contributed by atoms with Gasteiger partial charge < -0.3 is 9.88 Å². The maximum atomic E-state index is 14.1. The van der Waals surface area contributed by atoms with E-state index in [1.807, 2.05) is 0 Å². The number of carbonyl (C=O) groups excluding carboxylic acids is 1. The van der Waals surface area contributed by atoms with E-state index in [9.17, 15) is 9.18 Å². The number of fused-ring (bicyclic) bond motifs is 2. The number of nitrogens with zero attached hydrogens (tertiary/aromatic N) is 6. The topological polar surface area (TPSA) is 92.1 Å². The van der Waals surface area contributed by atoms with Crippen molar-refractivity contribution < 1.29 is 9.18 Å². The molecular formula is C17H14FN7OS. The van der Waals surface area contributed by atoms with Crippen molar-refractivity contribution in [2.45, 2.75) is 19.4 Å². The number of hydrogen-bond donors (Lipinski definition) is 1. The van der Waals surface area contributed by atoms with Gasteiger partial charge in [-0.1, -0.05) is 11.3 Å². The van der Waals surface area contributed by atoms with Crippen LogP contribution < -0.4 is 0 Å². The van der Waals surface area contributed by atoms with E-state index < -0.39 is 6.04 Å². The SMILES string of the molecule is Cc1nnc(C(=O)N2CCc3[nH]cnc3C2c2cc3c(F)cccn3n2)s1. The Morgan fingerprint density at radius 3 is 3.07 bits per heavy atom. The molecule has 0 bridgehead atoms. The molecule has 0 spiro atoms. The number of halogens is 1. The zero-order valence-corrected chi connectivity index (χ0v) is 15.1. The van der Waals surface area contributed by atoms with Crippen LogP contribution in [0.2, 0.25) is 0 Å². The number of aryl methyl sites for hydroxylation is 1. The number of nitrogens with one attached hydrogen (secondary N) is 1. The molecule has 0 saturated heterocycles. The van der Waals surface area contributed by atoms with Crippen LogP contribution in [-0.4, -0.2) is 47.1 Å². The second-order valence-corrected chi connectivity index (χ2v) is 7.48. The lowest BCUT2D eigenvalue weighted by molar-refractivity contribution is 0.0685. The molecule has 27 heavy (non-hydrogen) atoms. The minimum Gasteiger partial charge on any atom is -0.348 e. The first-order valence-electron chi connectivity index (χ1n) is 8.39. The first-order chi connectivity index (χ1) is 13.1. The van der Waals surface area contributed by atoms with Crippen LogP contribution in [0, 0.1) is 12.7 Å². The standard InChI is InChI=1S/C17H14FN7OS/c1-9-21-22-16(27-9)17(26)24-6-4-11-14(20-8-19-11)15(24)12-7-13-10(18)3-2-5-25(13)23-12/h2-3,5,7-8,15H,4,6H2,1H3,(H,19,20). The monoisotopic (exact) mass is 383 g/mol. The third-order valence-electron chi connectivity index (χ3n) is 4.64. The van der Waals surface area contributed by atoms with Gasteiger partial charge in [-0.25, -0.2) is 13.9 Å². The van der Waals surface area contributed by atoms with Gasteiger partial charge in [-0.2, -0.15) is 5.10 Å². The molecule has 5 heterocycles. The predicted octanol–water partition coefficient (Wildman–Crippen LogP) is 2.14. The molecule has 136 valence electrons. The zero-order chi connectivity index (χ0) is 18.5. The molecule has 0 saturated carbocycles. The smallest absolute Gasteiger partial charge is 0.285 e. The summed E-state index contributed by atoms with van der Waals surface area (Å²) < 4.78 is 15.6. The average molecular weight is 383 g/mol. The molecule has 1 unspecified atom stereocenters. The Morgan fingerprint density at radius 2 is 2.30 bits per heavy atom. The number of aromatic amines is 1. The number of rotatable bonds is 2. The number of carbonyl (C=O) groups is 1. The van der Waals surface area contributed by atoms with Gasteiger partial charge in [0.2, 0.25) is 5.01 Å². The average Bonchev–Trinajstić information content (AvgIpc) is 3.39. The van der Waals surface area contributed by atoms with Crippen molar-refractivity contribution in [3.8, 4) is 0 Å². The van der Waals surface area contributed by atoms with E-state index >= 15 is 0 Å². The van der Waals surface area contributed by atoms with E-state index in [-0.39, 0.29) is 11.7 Å². The van der Waals surface area contributed by atoms with Gasteiger partial charge in [0.1, 0.15) is 22.4 Å². The summed E-state index contributed by atoms with van der Waals surface area (Å²) >= 11 is 1.25. The zero-order valence-electron chi connectivity index (χ0n) is 14.3. The van der Waals surface area contributed by atoms with Gasteiger partial charge in [-0.05, 0) is 25.1 Å². The minimum absolute atomic E-state index is 0.225. The highest BCUT2D eigenvalue weighted by Crippen LogP contribution is 2.34. The van der Waals surface area contributed by atoms with Crippen molar-refractivity contribution in [1.82, 2.24) is 34.7 Å². The fourth-order valence-electron chi connectivity index (χ4n) is 3.43. The van der Waals surface area contributed by atoms with Crippen LogP contribution in [0.4, 0.5) is 4.39 Å². The third kappa shape index (κ3) is 2.52. The molecule has 4 aromatic heterocycles. The summed E-state index contributed by atoms with van der Waals surface area (Å²) in [4.78, 5) is 22.3. The van der Waals surface area contributed by atoms with Gasteiger partial charge in [-0.15, -0.1) is 10.2 Å². The summed E-state index contributed by atoms with van der Waals surface area (Å²) in [5, 5.41) is 13.5. The van der Waals surface area contributed by atoms with E-state index in [1.165, 1.54) is 21.9 Å². The molecule has 0 fully saturated rings. The van der Waals surface area contributed by atoms with E-state index in [4.69, 9.17) is 0 Å². The van der Waals surface area contributed by atoms with Gasteiger partial charge in [0.25, 0.3) is 5.91 Å². The molecule has 8 nitrogen and oxygen atoms in total. The molecule has 0 radical (unpaired) electrons.